The monoisotopic (exact) mass is 342 g/mol. The Morgan fingerprint density at radius 2 is 1.92 bits per heavy atom. The van der Waals surface area contributed by atoms with Crippen LogP contribution in [0, 0.1) is 0 Å². The predicted molar refractivity (Wildman–Crippen MR) is 93.1 cm³/mol. The van der Waals surface area contributed by atoms with Crippen molar-refractivity contribution in [1.82, 2.24) is 19.7 Å². The summed E-state index contributed by atoms with van der Waals surface area (Å²) in [6, 6.07) is 13.4. The van der Waals surface area contributed by atoms with E-state index >= 15 is 0 Å². The zero-order valence-electron chi connectivity index (χ0n) is 13.7. The van der Waals surface area contributed by atoms with Gasteiger partial charge in [0.1, 0.15) is 0 Å². The van der Waals surface area contributed by atoms with Gasteiger partial charge in [-0.3, -0.25) is 9.36 Å². The number of aromatic nitrogens is 3. The van der Waals surface area contributed by atoms with Crippen LogP contribution in [0.2, 0.25) is 0 Å². The van der Waals surface area contributed by atoms with Gasteiger partial charge < -0.3 is 9.32 Å². The Morgan fingerprint density at radius 1 is 1.17 bits per heavy atom. The van der Waals surface area contributed by atoms with E-state index in [0.29, 0.717) is 16.7 Å². The average Bonchev–Trinajstić information content (AvgIpc) is 3.24. The number of rotatable bonds is 5. The van der Waals surface area contributed by atoms with E-state index in [4.69, 9.17) is 4.42 Å². The summed E-state index contributed by atoms with van der Waals surface area (Å²) >= 11 is 1.38. The average molecular weight is 342 g/mol. The minimum Gasteiger partial charge on any atom is -0.461 e. The molecule has 0 aliphatic carbocycles. The highest BCUT2D eigenvalue weighted by Crippen LogP contribution is 2.30. The van der Waals surface area contributed by atoms with E-state index in [0.717, 1.165) is 5.69 Å². The lowest BCUT2D eigenvalue weighted by Gasteiger charge is -2.16. The van der Waals surface area contributed by atoms with Gasteiger partial charge in [-0.25, -0.2) is 0 Å². The third-order valence-electron chi connectivity index (χ3n) is 3.46. The Hall–Kier alpha value is -2.54. The summed E-state index contributed by atoms with van der Waals surface area (Å²) in [5, 5.41) is 8.92. The van der Waals surface area contributed by atoms with Crippen LogP contribution < -0.4 is 0 Å². The molecule has 24 heavy (non-hydrogen) atoms. The first-order chi connectivity index (χ1) is 11.6. The molecule has 7 heteroatoms. The summed E-state index contributed by atoms with van der Waals surface area (Å²) in [6.45, 7) is 1.86. The zero-order chi connectivity index (χ0) is 17.1. The SMILES string of the molecule is C[C@@H](Sc1nnc(-c2ccco2)n1-c1ccccc1)C(=O)N(C)C. The zero-order valence-corrected chi connectivity index (χ0v) is 14.5. The van der Waals surface area contributed by atoms with Gasteiger partial charge in [0.15, 0.2) is 10.9 Å². The van der Waals surface area contributed by atoms with E-state index in [9.17, 15) is 4.79 Å². The Balaban J connectivity index is 2.03. The van der Waals surface area contributed by atoms with Gasteiger partial charge in [0.25, 0.3) is 0 Å². The van der Waals surface area contributed by atoms with Crippen molar-refractivity contribution in [2.24, 2.45) is 0 Å². The van der Waals surface area contributed by atoms with Gasteiger partial charge >= 0.3 is 0 Å². The second-order valence-corrected chi connectivity index (χ2v) is 6.76. The van der Waals surface area contributed by atoms with Crippen molar-refractivity contribution in [2.45, 2.75) is 17.3 Å². The Morgan fingerprint density at radius 3 is 2.54 bits per heavy atom. The number of carbonyl (C=O) groups is 1. The van der Waals surface area contributed by atoms with Crippen LogP contribution in [0.4, 0.5) is 0 Å². The lowest BCUT2D eigenvalue weighted by atomic mass is 10.3. The number of nitrogens with zero attached hydrogens (tertiary/aromatic N) is 4. The van der Waals surface area contributed by atoms with Gasteiger partial charge in [0, 0.05) is 19.8 Å². The fraction of sp³-hybridized carbons (Fsp3) is 0.235. The number of amides is 1. The fourth-order valence-electron chi connectivity index (χ4n) is 2.29. The molecule has 1 aromatic carbocycles. The molecule has 124 valence electrons. The first-order valence-electron chi connectivity index (χ1n) is 7.50. The second-order valence-electron chi connectivity index (χ2n) is 5.45. The Bertz CT molecular complexity index is 813. The first-order valence-corrected chi connectivity index (χ1v) is 8.38. The summed E-state index contributed by atoms with van der Waals surface area (Å²) in [7, 11) is 3.49. The third-order valence-corrected chi connectivity index (χ3v) is 4.49. The fourth-order valence-corrected chi connectivity index (χ4v) is 3.31. The highest BCUT2D eigenvalue weighted by Gasteiger charge is 2.23. The molecule has 0 saturated carbocycles. The van der Waals surface area contributed by atoms with E-state index in [-0.39, 0.29) is 11.2 Å². The minimum absolute atomic E-state index is 0.0298. The molecule has 0 aliphatic heterocycles. The van der Waals surface area contributed by atoms with Crippen LogP contribution in [0.3, 0.4) is 0 Å². The molecule has 0 spiro atoms. The first kappa shape index (κ1) is 16.3. The van der Waals surface area contributed by atoms with Crippen LogP contribution in [-0.2, 0) is 4.79 Å². The molecule has 0 unspecified atom stereocenters. The maximum absolute atomic E-state index is 12.2. The molecular formula is C17H18N4O2S. The second kappa shape index (κ2) is 6.92. The molecule has 0 saturated heterocycles. The molecular weight excluding hydrogens is 324 g/mol. The minimum atomic E-state index is -0.267. The Kier molecular flexibility index (Phi) is 4.71. The normalized spacial score (nSPS) is 12.1. The van der Waals surface area contributed by atoms with Crippen LogP contribution in [0.15, 0.2) is 58.3 Å². The molecule has 2 aromatic heterocycles. The lowest BCUT2D eigenvalue weighted by molar-refractivity contribution is -0.127. The molecule has 0 fully saturated rings. The summed E-state index contributed by atoms with van der Waals surface area (Å²) in [5.41, 5.74) is 0.918. The molecule has 0 bridgehead atoms. The Labute approximate surface area is 144 Å². The van der Waals surface area contributed by atoms with Crippen molar-refractivity contribution in [3.63, 3.8) is 0 Å². The molecule has 0 radical (unpaired) electrons. The number of hydrogen-bond donors (Lipinski definition) is 0. The van der Waals surface area contributed by atoms with Gasteiger partial charge in [-0.05, 0) is 31.2 Å². The number of carbonyl (C=O) groups excluding carboxylic acids is 1. The van der Waals surface area contributed by atoms with E-state index in [1.165, 1.54) is 11.8 Å². The third kappa shape index (κ3) is 3.21. The van der Waals surface area contributed by atoms with Gasteiger partial charge in [-0.15, -0.1) is 10.2 Å². The molecule has 3 rings (SSSR count). The van der Waals surface area contributed by atoms with Crippen LogP contribution in [0.5, 0.6) is 0 Å². The summed E-state index contributed by atoms with van der Waals surface area (Å²) in [5.74, 6) is 1.27. The molecule has 6 nitrogen and oxygen atoms in total. The van der Waals surface area contributed by atoms with Crippen LogP contribution >= 0.6 is 11.8 Å². The van der Waals surface area contributed by atoms with E-state index in [1.807, 2.05) is 54.0 Å². The van der Waals surface area contributed by atoms with Crippen LogP contribution in [0.25, 0.3) is 17.3 Å². The topological polar surface area (TPSA) is 64.2 Å². The molecule has 3 aromatic rings. The van der Waals surface area contributed by atoms with Gasteiger partial charge in [0.05, 0.1) is 11.5 Å². The molecule has 0 N–H and O–H groups in total. The standard InChI is InChI=1S/C17H18N4O2S/c1-12(16(22)20(2)3)24-17-19-18-15(14-10-7-11-23-14)21(17)13-8-5-4-6-9-13/h4-12H,1-3H3/t12-/m1/s1. The van der Waals surface area contributed by atoms with Crippen molar-refractivity contribution in [3.8, 4) is 17.3 Å². The number of benzene rings is 1. The van der Waals surface area contributed by atoms with Crippen molar-refractivity contribution in [2.75, 3.05) is 14.1 Å². The highest BCUT2D eigenvalue weighted by molar-refractivity contribution is 8.00. The smallest absolute Gasteiger partial charge is 0.235 e. The number of para-hydroxylation sites is 1. The highest BCUT2D eigenvalue weighted by atomic mass is 32.2. The summed E-state index contributed by atoms with van der Waals surface area (Å²) in [6.07, 6.45) is 1.60. The van der Waals surface area contributed by atoms with E-state index in [2.05, 4.69) is 10.2 Å². The van der Waals surface area contributed by atoms with Crippen LogP contribution in [-0.4, -0.2) is 44.9 Å². The lowest BCUT2D eigenvalue weighted by Crippen LogP contribution is -2.29. The maximum atomic E-state index is 12.2. The van der Waals surface area contributed by atoms with Crippen molar-refractivity contribution in [1.29, 1.82) is 0 Å². The maximum Gasteiger partial charge on any atom is 0.235 e. The van der Waals surface area contributed by atoms with Crippen molar-refractivity contribution in [3.05, 3.63) is 48.7 Å². The largest absolute Gasteiger partial charge is 0.461 e. The summed E-state index contributed by atoms with van der Waals surface area (Å²) in [4.78, 5) is 13.7. The van der Waals surface area contributed by atoms with Crippen LogP contribution in [0.1, 0.15) is 6.92 Å². The molecule has 0 aliphatic rings. The van der Waals surface area contributed by atoms with Gasteiger partial charge in [-0.1, -0.05) is 30.0 Å². The number of thioether (sulfide) groups is 1. The quantitative estimate of drug-likeness (QED) is 0.667. The number of furan rings is 1. The molecule has 1 atom stereocenters. The molecule has 2 heterocycles. The van der Waals surface area contributed by atoms with Gasteiger partial charge in [0.2, 0.25) is 11.7 Å². The molecule has 1 amide bonds. The van der Waals surface area contributed by atoms with E-state index < -0.39 is 0 Å². The summed E-state index contributed by atoms with van der Waals surface area (Å²) < 4.78 is 7.38. The number of hydrogen-bond acceptors (Lipinski definition) is 5. The predicted octanol–water partition coefficient (Wildman–Crippen LogP) is 3.10. The van der Waals surface area contributed by atoms with Crippen molar-refractivity contribution >= 4 is 17.7 Å². The van der Waals surface area contributed by atoms with E-state index in [1.54, 1.807) is 25.3 Å². The van der Waals surface area contributed by atoms with Crippen molar-refractivity contribution < 1.29 is 9.21 Å². The van der Waals surface area contributed by atoms with Gasteiger partial charge in [-0.2, -0.15) is 0 Å².